The van der Waals surface area contributed by atoms with Gasteiger partial charge in [-0.15, -0.1) is 0 Å². The zero-order chi connectivity index (χ0) is 15.4. The maximum absolute atomic E-state index is 12.7. The molecule has 1 heterocycles. The molecular weight excluding hydrogens is 311 g/mol. The molecule has 3 atom stereocenters. The van der Waals surface area contributed by atoms with Crippen LogP contribution in [-0.4, -0.2) is 24.2 Å². The van der Waals surface area contributed by atoms with E-state index in [1.54, 1.807) is 18.2 Å². The molecule has 3 N–H and O–H groups in total. The zero-order valence-corrected chi connectivity index (χ0v) is 13.5. The van der Waals surface area contributed by atoms with Crippen molar-refractivity contribution >= 4 is 34.8 Å². The van der Waals surface area contributed by atoms with Gasteiger partial charge < -0.3 is 15.8 Å². The van der Waals surface area contributed by atoms with Gasteiger partial charge in [0.15, 0.2) is 0 Å². The summed E-state index contributed by atoms with van der Waals surface area (Å²) in [7, 11) is 0. The lowest BCUT2D eigenvalue weighted by molar-refractivity contribution is -0.170. The highest BCUT2D eigenvalue weighted by Crippen LogP contribution is 2.58. The van der Waals surface area contributed by atoms with Crippen molar-refractivity contribution in [2.45, 2.75) is 31.9 Å². The molecule has 4 nitrogen and oxygen atoms in total. The van der Waals surface area contributed by atoms with E-state index in [0.29, 0.717) is 22.3 Å². The van der Waals surface area contributed by atoms with Crippen LogP contribution in [-0.2, 0) is 9.53 Å². The largest absolute Gasteiger partial charge is 0.377 e. The number of benzene rings is 1. The van der Waals surface area contributed by atoms with E-state index >= 15 is 0 Å². The standard InChI is InChI=1S/C15H18Cl2N2O2/c1-14(2)12-8(6-7-21-12)15(14,18)13(20)19-10-5-3-4-9(16)11(10)17/h3-5,8,12H,6-7,18H2,1-2H3,(H,19,20). The molecule has 6 heteroatoms. The minimum atomic E-state index is -0.959. The summed E-state index contributed by atoms with van der Waals surface area (Å²) in [6, 6.07) is 5.12. The van der Waals surface area contributed by atoms with Crippen molar-refractivity contribution in [3.05, 3.63) is 28.2 Å². The molecule has 0 spiro atoms. The number of anilines is 1. The van der Waals surface area contributed by atoms with E-state index in [2.05, 4.69) is 5.32 Å². The van der Waals surface area contributed by atoms with Crippen LogP contribution in [0.15, 0.2) is 18.2 Å². The van der Waals surface area contributed by atoms with E-state index < -0.39 is 11.0 Å². The topological polar surface area (TPSA) is 64.3 Å². The second-order valence-electron chi connectivity index (χ2n) is 6.33. The van der Waals surface area contributed by atoms with Crippen molar-refractivity contribution in [1.29, 1.82) is 0 Å². The van der Waals surface area contributed by atoms with Crippen LogP contribution in [0.4, 0.5) is 5.69 Å². The molecular formula is C15H18Cl2N2O2. The van der Waals surface area contributed by atoms with Crippen LogP contribution in [0.2, 0.25) is 10.0 Å². The van der Waals surface area contributed by atoms with Gasteiger partial charge in [-0.25, -0.2) is 0 Å². The SMILES string of the molecule is CC1(C)C2OCCC2C1(N)C(=O)Nc1cccc(Cl)c1Cl. The van der Waals surface area contributed by atoms with Gasteiger partial charge in [0.1, 0.15) is 5.54 Å². The second-order valence-corrected chi connectivity index (χ2v) is 7.12. The van der Waals surface area contributed by atoms with E-state index in [4.69, 9.17) is 33.7 Å². The van der Waals surface area contributed by atoms with Crippen molar-refractivity contribution in [3.8, 4) is 0 Å². The van der Waals surface area contributed by atoms with E-state index in [1.807, 2.05) is 13.8 Å². The first-order valence-corrected chi connectivity index (χ1v) is 7.71. The Balaban J connectivity index is 1.87. The minimum absolute atomic E-state index is 0.0445. The van der Waals surface area contributed by atoms with Gasteiger partial charge in [0.2, 0.25) is 5.91 Å². The van der Waals surface area contributed by atoms with Gasteiger partial charge in [0.25, 0.3) is 0 Å². The number of ether oxygens (including phenoxy) is 1. The Kier molecular flexibility index (Phi) is 3.49. The molecule has 21 heavy (non-hydrogen) atoms. The fraction of sp³-hybridized carbons (Fsp3) is 0.533. The van der Waals surface area contributed by atoms with Crippen LogP contribution in [0.25, 0.3) is 0 Å². The number of carbonyl (C=O) groups excluding carboxylic acids is 1. The molecule has 0 aromatic heterocycles. The molecule has 3 rings (SSSR count). The van der Waals surface area contributed by atoms with Gasteiger partial charge in [0, 0.05) is 17.9 Å². The summed E-state index contributed by atoms with van der Waals surface area (Å²) in [6.45, 7) is 4.60. The van der Waals surface area contributed by atoms with Crippen molar-refractivity contribution in [2.24, 2.45) is 17.1 Å². The maximum Gasteiger partial charge on any atom is 0.245 e. The molecule has 1 aromatic carbocycles. The van der Waals surface area contributed by atoms with Crippen molar-refractivity contribution in [1.82, 2.24) is 0 Å². The smallest absolute Gasteiger partial charge is 0.245 e. The summed E-state index contributed by atoms with van der Waals surface area (Å²) < 4.78 is 5.70. The van der Waals surface area contributed by atoms with Crippen LogP contribution in [0.3, 0.4) is 0 Å². The second kappa shape index (κ2) is 4.85. The number of hydrogen-bond acceptors (Lipinski definition) is 3. The van der Waals surface area contributed by atoms with Crippen LogP contribution in [0.1, 0.15) is 20.3 Å². The Morgan fingerprint density at radius 1 is 1.43 bits per heavy atom. The first kappa shape index (κ1) is 15.1. The lowest BCUT2D eigenvalue weighted by atomic mass is 9.48. The van der Waals surface area contributed by atoms with Crippen LogP contribution in [0, 0.1) is 11.3 Å². The number of hydrogen-bond donors (Lipinski definition) is 2. The summed E-state index contributed by atoms with van der Waals surface area (Å²) in [5, 5.41) is 3.55. The fourth-order valence-electron chi connectivity index (χ4n) is 3.67. The number of halogens is 2. The Hall–Kier alpha value is -0.810. The molecule has 3 unspecified atom stereocenters. The summed E-state index contributed by atoms with van der Waals surface area (Å²) in [5.41, 5.74) is 5.59. The molecule has 1 amide bonds. The number of nitrogens with two attached hydrogens (primary N) is 1. The third-order valence-corrected chi connectivity index (χ3v) is 5.85. The van der Waals surface area contributed by atoms with Crippen LogP contribution in [0.5, 0.6) is 0 Å². The van der Waals surface area contributed by atoms with Crippen LogP contribution < -0.4 is 11.1 Å². The first-order chi connectivity index (χ1) is 9.80. The van der Waals surface area contributed by atoms with Crippen LogP contribution >= 0.6 is 23.2 Å². The number of amides is 1. The van der Waals surface area contributed by atoms with Crippen molar-refractivity contribution in [3.63, 3.8) is 0 Å². The molecule has 0 bridgehead atoms. The normalized spacial score (nSPS) is 33.2. The van der Waals surface area contributed by atoms with E-state index in [-0.39, 0.29) is 17.9 Å². The highest BCUT2D eigenvalue weighted by atomic mass is 35.5. The summed E-state index contributed by atoms with van der Waals surface area (Å²) in [5.74, 6) is -0.186. The molecule has 1 saturated heterocycles. The molecule has 1 aliphatic carbocycles. The quantitative estimate of drug-likeness (QED) is 0.876. The third kappa shape index (κ3) is 1.93. The Labute approximate surface area is 133 Å². The lowest BCUT2D eigenvalue weighted by Gasteiger charge is -2.60. The predicted octanol–water partition coefficient (Wildman–Crippen LogP) is 3.07. The Morgan fingerprint density at radius 2 is 2.14 bits per heavy atom. The first-order valence-electron chi connectivity index (χ1n) is 6.96. The Morgan fingerprint density at radius 3 is 2.86 bits per heavy atom. The number of fused-ring (bicyclic) bond motifs is 1. The lowest BCUT2D eigenvalue weighted by Crippen LogP contribution is -2.79. The van der Waals surface area contributed by atoms with Gasteiger partial charge in [-0.05, 0) is 18.6 Å². The maximum atomic E-state index is 12.7. The van der Waals surface area contributed by atoms with Gasteiger partial charge in [-0.1, -0.05) is 43.1 Å². The average molecular weight is 329 g/mol. The van der Waals surface area contributed by atoms with Crippen molar-refractivity contribution < 1.29 is 9.53 Å². The van der Waals surface area contributed by atoms with E-state index in [9.17, 15) is 4.79 Å². The minimum Gasteiger partial charge on any atom is -0.377 e. The summed E-state index contributed by atoms with van der Waals surface area (Å²) in [6.07, 6.45) is 0.851. The van der Waals surface area contributed by atoms with Gasteiger partial charge in [-0.3, -0.25) is 4.79 Å². The zero-order valence-electron chi connectivity index (χ0n) is 12.0. The molecule has 2 fully saturated rings. The fourth-order valence-corrected chi connectivity index (χ4v) is 4.02. The molecule has 114 valence electrons. The summed E-state index contributed by atoms with van der Waals surface area (Å²) >= 11 is 12.1. The Bertz CT molecular complexity index is 605. The molecule has 1 saturated carbocycles. The van der Waals surface area contributed by atoms with Crippen molar-refractivity contribution in [2.75, 3.05) is 11.9 Å². The molecule has 2 aliphatic rings. The number of carbonyl (C=O) groups is 1. The van der Waals surface area contributed by atoms with Gasteiger partial charge >= 0.3 is 0 Å². The molecule has 0 radical (unpaired) electrons. The van der Waals surface area contributed by atoms with E-state index in [0.717, 1.165) is 6.42 Å². The molecule has 1 aliphatic heterocycles. The number of nitrogens with one attached hydrogen (secondary N) is 1. The third-order valence-electron chi connectivity index (χ3n) is 5.03. The average Bonchev–Trinajstić information content (AvgIpc) is 2.91. The molecule has 1 aromatic rings. The van der Waals surface area contributed by atoms with Gasteiger partial charge in [0.05, 0.1) is 21.8 Å². The highest BCUT2D eigenvalue weighted by molar-refractivity contribution is 6.44. The summed E-state index contributed by atoms with van der Waals surface area (Å²) in [4.78, 5) is 12.7. The monoisotopic (exact) mass is 328 g/mol. The predicted molar refractivity (Wildman–Crippen MR) is 83.6 cm³/mol. The number of rotatable bonds is 2. The van der Waals surface area contributed by atoms with E-state index in [1.165, 1.54) is 0 Å². The van der Waals surface area contributed by atoms with Gasteiger partial charge in [-0.2, -0.15) is 0 Å². The highest BCUT2D eigenvalue weighted by Gasteiger charge is 2.71.